The molecule has 0 spiro atoms. The third kappa shape index (κ3) is 5.22. The topological polar surface area (TPSA) is 128 Å². The van der Waals surface area contributed by atoms with E-state index >= 15 is 0 Å². The molecule has 0 radical (unpaired) electrons. The maximum absolute atomic E-state index is 13.2. The molecule has 37 heavy (non-hydrogen) atoms. The predicted molar refractivity (Wildman–Crippen MR) is 134 cm³/mol. The van der Waals surface area contributed by atoms with Crippen LogP contribution < -0.4 is 14.2 Å². The number of Topliss-reactive ketones (excluding diaryl/α,β-unsaturated/α-hetero) is 1. The van der Waals surface area contributed by atoms with Gasteiger partial charge in [0.2, 0.25) is 0 Å². The van der Waals surface area contributed by atoms with E-state index in [1.54, 1.807) is 55.6 Å². The molecule has 3 aromatic carbocycles. The van der Waals surface area contributed by atoms with Gasteiger partial charge in [0.25, 0.3) is 17.4 Å². The van der Waals surface area contributed by atoms with Gasteiger partial charge >= 0.3 is 0 Å². The maximum Gasteiger partial charge on any atom is 0.295 e. The molecule has 10 nitrogen and oxygen atoms in total. The minimum absolute atomic E-state index is 0.0319. The Kier molecular flexibility index (Phi) is 7.38. The first kappa shape index (κ1) is 25.2. The third-order valence-electron chi connectivity index (χ3n) is 5.94. The Morgan fingerprint density at radius 3 is 2.30 bits per heavy atom. The molecule has 0 saturated carbocycles. The van der Waals surface area contributed by atoms with E-state index in [0.29, 0.717) is 22.8 Å². The smallest absolute Gasteiger partial charge is 0.295 e. The third-order valence-corrected chi connectivity index (χ3v) is 5.94. The second-order valence-corrected chi connectivity index (χ2v) is 8.10. The van der Waals surface area contributed by atoms with Crippen molar-refractivity contribution in [2.45, 2.75) is 6.04 Å². The van der Waals surface area contributed by atoms with E-state index in [9.17, 15) is 24.8 Å². The summed E-state index contributed by atoms with van der Waals surface area (Å²) in [4.78, 5) is 38.2. The molecule has 1 aliphatic heterocycles. The van der Waals surface area contributed by atoms with Crippen LogP contribution in [-0.4, -0.2) is 54.0 Å². The number of nitrogens with zero attached hydrogens (tertiary/aromatic N) is 2. The number of ether oxygens (including phenoxy) is 3. The zero-order valence-corrected chi connectivity index (χ0v) is 20.1. The summed E-state index contributed by atoms with van der Waals surface area (Å²) in [5.74, 6) is -0.523. The SMILES string of the molecule is COc1ccc(OCCN2C(=O)C(=O)/C(=C(\O)c3cccc([N+](=O)[O-])c3)C2c2cccc(OC)c2)cc1. The summed E-state index contributed by atoms with van der Waals surface area (Å²) in [6.07, 6.45) is 0. The molecule has 1 fully saturated rings. The summed E-state index contributed by atoms with van der Waals surface area (Å²) < 4.78 is 16.2. The Labute approximate surface area is 212 Å². The number of hydrogen-bond acceptors (Lipinski definition) is 8. The Balaban J connectivity index is 1.71. The monoisotopic (exact) mass is 504 g/mol. The summed E-state index contributed by atoms with van der Waals surface area (Å²) in [5.41, 5.74) is 0.136. The second-order valence-electron chi connectivity index (χ2n) is 8.10. The number of carbonyl (C=O) groups excluding carboxylic acids is 2. The number of carbonyl (C=O) groups is 2. The minimum Gasteiger partial charge on any atom is -0.507 e. The molecule has 0 bridgehead atoms. The molecule has 1 heterocycles. The summed E-state index contributed by atoms with van der Waals surface area (Å²) in [6, 6.07) is 18.0. The summed E-state index contributed by atoms with van der Waals surface area (Å²) in [5, 5.41) is 22.4. The molecule has 0 aromatic heterocycles. The summed E-state index contributed by atoms with van der Waals surface area (Å²) >= 11 is 0. The van der Waals surface area contributed by atoms with Crippen LogP contribution in [0.25, 0.3) is 5.76 Å². The number of ketones is 1. The van der Waals surface area contributed by atoms with Crippen molar-refractivity contribution in [2.24, 2.45) is 0 Å². The van der Waals surface area contributed by atoms with Crippen LogP contribution in [-0.2, 0) is 9.59 Å². The second kappa shape index (κ2) is 10.8. The molecular formula is C27H24N2O8. The summed E-state index contributed by atoms with van der Waals surface area (Å²) in [6.45, 7) is 0.0981. The fraction of sp³-hybridized carbons (Fsp3) is 0.185. The van der Waals surface area contributed by atoms with Gasteiger partial charge in [-0.05, 0) is 42.0 Å². The number of hydrogen-bond donors (Lipinski definition) is 1. The Morgan fingerprint density at radius 2 is 1.62 bits per heavy atom. The summed E-state index contributed by atoms with van der Waals surface area (Å²) in [7, 11) is 3.04. The number of rotatable bonds is 9. The molecule has 1 unspecified atom stereocenters. The first-order valence-corrected chi connectivity index (χ1v) is 11.3. The lowest BCUT2D eigenvalue weighted by atomic mass is 9.95. The molecule has 1 aliphatic rings. The normalized spacial score (nSPS) is 16.5. The van der Waals surface area contributed by atoms with Crippen molar-refractivity contribution < 1.29 is 33.8 Å². The number of aliphatic hydroxyl groups is 1. The molecule has 4 rings (SSSR count). The Bertz CT molecular complexity index is 1370. The highest BCUT2D eigenvalue weighted by Crippen LogP contribution is 2.40. The van der Waals surface area contributed by atoms with E-state index in [1.165, 1.54) is 30.2 Å². The van der Waals surface area contributed by atoms with Gasteiger partial charge in [0, 0.05) is 17.7 Å². The molecule has 1 amide bonds. The predicted octanol–water partition coefficient (Wildman–Crippen LogP) is 4.11. The van der Waals surface area contributed by atoms with Crippen molar-refractivity contribution >= 4 is 23.1 Å². The lowest BCUT2D eigenvalue weighted by molar-refractivity contribution is -0.384. The number of non-ortho nitro benzene ring substituents is 1. The highest BCUT2D eigenvalue weighted by molar-refractivity contribution is 6.46. The van der Waals surface area contributed by atoms with Gasteiger partial charge in [0.05, 0.1) is 37.3 Å². The Hall–Kier alpha value is -4.86. The van der Waals surface area contributed by atoms with Gasteiger partial charge in [0.1, 0.15) is 29.6 Å². The van der Waals surface area contributed by atoms with Crippen LogP contribution in [0.4, 0.5) is 5.69 Å². The van der Waals surface area contributed by atoms with Gasteiger partial charge in [-0.25, -0.2) is 0 Å². The lowest BCUT2D eigenvalue weighted by Crippen LogP contribution is -2.33. The fourth-order valence-electron chi connectivity index (χ4n) is 4.12. The average Bonchev–Trinajstić information content (AvgIpc) is 3.18. The molecule has 1 saturated heterocycles. The zero-order valence-electron chi connectivity index (χ0n) is 20.1. The maximum atomic E-state index is 13.2. The van der Waals surface area contributed by atoms with Gasteiger partial charge in [-0.15, -0.1) is 0 Å². The lowest BCUT2D eigenvalue weighted by Gasteiger charge is -2.25. The molecule has 3 aromatic rings. The van der Waals surface area contributed by atoms with E-state index < -0.39 is 28.4 Å². The number of nitro benzene ring substituents is 1. The quantitative estimate of drug-likeness (QED) is 0.152. The van der Waals surface area contributed by atoms with Crippen molar-refractivity contribution in [3.63, 3.8) is 0 Å². The molecule has 1 N–H and O–H groups in total. The van der Waals surface area contributed by atoms with Crippen LogP contribution >= 0.6 is 0 Å². The average molecular weight is 504 g/mol. The molecular weight excluding hydrogens is 480 g/mol. The number of benzene rings is 3. The largest absolute Gasteiger partial charge is 0.507 e. The number of aliphatic hydroxyl groups excluding tert-OH is 1. The Morgan fingerprint density at radius 1 is 0.946 bits per heavy atom. The number of nitro groups is 1. The minimum atomic E-state index is -0.964. The highest BCUT2D eigenvalue weighted by Gasteiger charge is 2.46. The van der Waals surface area contributed by atoms with Gasteiger partial charge in [-0.2, -0.15) is 0 Å². The van der Waals surface area contributed by atoms with Crippen LogP contribution in [0.15, 0.2) is 78.4 Å². The van der Waals surface area contributed by atoms with Crippen LogP contribution in [0.3, 0.4) is 0 Å². The van der Waals surface area contributed by atoms with Crippen LogP contribution in [0.1, 0.15) is 17.2 Å². The van der Waals surface area contributed by atoms with Crippen molar-refractivity contribution in [2.75, 3.05) is 27.4 Å². The van der Waals surface area contributed by atoms with E-state index in [-0.39, 0.29) is 30.0 Å². The van der Waals surface area contributed by atoms with Crippen molar-refractivity contribution in [3.8, 4) is 17.2 Å². The zero-order chi connectivity index (χ0) is 26.5. The van der Waals surface area contributed by atoms with E-state index in [1.807, 2.05) is 0 Å². The van der Waals surface area contributed by atoms with Crippen molar-refractivity contribution in [3.05, 3.63) is 99.6 Å². The number of amides is 1. The highest BCUT2D eigenvalue weighted by atomic mass is 16.6. The van der Waals surface area contributed by atoms with Gasteiger partial charge in [0.15, 0.2) is 0 Å². The van der Waals surface area contributed by atoms with Gasteiger partial charge in [-0.1, -0.05) is 24.3 Å². The van der Waals surface area contributed by atoms with Crippen molar-refractivity contribution in [1.82, 2.24) is 4.90 Å². The number of likely N-dealkylation sites (tertiary alicyclic amines) is 1. The van der Waals surface area contributed by atoms with Crippen LogP contribution in [0.2, 0.25) is 0 Å². The first-order valence-electron chi connectivity index (χ1n) is 11.3. The van der Waals surface area contributed by atoms with Gasteiger partial charge < -0.3 is 24.2 Å². The standard InChI is InChI=1S/C27H24N2O8/c1-35-20-9-11-21(12-10-20)37-14-13-28-24(17-5-4-8-22(16-17)36-2)23(26(31)27(28)32)25(30)18-6-3-7-19(15-18)29(33)34/h3-12,15-16,24,30H,13-14H2,1-2H3/b25-23-. The van der Waals surface area contributed by atoms with Crippen LogP contribution in [0.5, 0.6) is 17.2 Å². The van der Waals surface area contributed by atoms with E-state index in [2.05, 4.69) is 0 Å². The van der Waals surface area contributed by atoms with E-state index in [0.717, 1.165) is 6.07 Å². The van der Waals surface area contributed by atoms with Crippen molar-refractivity contribution in [1.29, 1.82) is 0 Å². The molecule has 190 valence electrons. The van der Waals surface area contributed by atoms with Crippen LogP contribution in [0, 0.1) is 10.1 Å². The number of methoxy groups -OCH3 is 2. The molecule has 1 atom stereocenters. The molecule has 10 heteroatoms. The van der Waals surface area contributed by atoms with E-state index in [4.69, 9.17) is 14.2 Å². The van der Waals surface area contributed by atoms with Gasteiger partial charge in [-0.3, -0.25) is 19.7 Å². The fourth-order valence-corrected chi connectivity index (χ4v) is 4.12. The molecule has 0 aliphatic carbocycles. The first-order chi connectivity index (χ1) is 17.8.